The lowest BCUT2D eigenvalue weighted by atomic mass is 10.0. The lowest BCUT2D eigenvalue weighted by molar-refractivity contribution is -0.125. The molecule has 0 aliphatic carbocycles. The molecule has 0 saturated carbocycles. The maximum atomic E-state index is 13.6. The summed E-state index contributed by atoms with van der Waals surface area (Å²) < 4.78 is 15.6. The average molecular weight is 440 g/mol. The van der Waals surface area contributed by atoms with Gasteiger partial charge in [-0.1, -0.05) is 43.8 Å². The summed E-state index contributed by atoms with van der Waals surface area (Å²) in [6, 6.07) is 12.8. The zero-order valence-electron chi connectivity index (χ0n) is 17.9. The third kappa shape index (κ3) is 4.06. The van der Waals surface area contributed by atoms with Crippen molar-refractivity contribution in [3.63, 3.8) is 0 Å². The van der Waals surface area contributed by atoms with E-state index in [4.69, 9.17) is 0 Å². The second kappa shape index (κ2) is 8.75. The topological polar surface area (TPSA) is 54.3 Å². The Kier molecular flexibility index (Phi) is 6.05. The molecule has 0 bridgehead atoms. The van der Waals surface area contributed by atoms with E-state index in [9.17, 15) is 14.0 Å². The molecule has 1 aliphatic heterocycles. The van der Waals surface area contributed by atoms with Crippen LogP contribution < -0.4 is 10.2 Å². The van der Waals surface area contributed by atoms with E-state index in [1.807, 2.05) is 35.9 Å². The molecule has 0 spiro atoms. The van der Waals surface area contributed by atoms with E-state index < -0.39 is 6.04 Å². The number of carbonyl (C=O) groups is 2. The van der Waals surface area contributed by atoms with Gasteiger partial charge in [0.25, 0.3) is 0 Å². The largest absolute Gasteiger partial charge is 0.354 e. The number of anilines is 1. The minimum absolute atomic E-state index is 0.180. The Morgan fingerprint density at radius 1 is 1.19 bits per heavy atom. The Morgan fingerprint density at radius 3 is 2.61 bits per heavy atom. The zero-order chi connectivity index (χ0) is 22.1. The Hall–Kier alpha value is -2.80. The predicted octanol–water partition coefficient (Wildman–Crippen LogP) is 4.66. The Morgan fingerprint density at radius 2 is 1.90 bits per heavy atom. The first-order valence-electron chi connectivity index (χ1n) is 10.4. The third-order valence-corrected chi connectivity index (χ3v) is 6.76. The van der Waals surface area contributed by atoms with Crippen LogP contribution in [0.2, 0.25) is 0 Å². The predicted molar refractivity (Wildman–Crippen MR) is 123 cm³/mol. The summed E-state index contributed by atoms with van der Waals surface area (Å²) in [5, 5.41) is 4.88. The molecule has 31 heavy (non-hydrogen) atoms. The minimum Gasteiger partial charge on any atom is -0.354 e. The highest BCUT2D eigenvalue weighted by Crippen LogP contribution is 2.43. The first-order chi connectivity index (χ1) is 14.9. The molecule has 7 heteroatoms. The van der Waals surface area contributed by atoms with Gasteiger partial charge in [0.1, 0.15) is 11.9 Å². The summed E-state index contributed by atoms with van der Waals surface area (Å²) in [4.78, 5) is 28.3. The van der Waals surface area contributed by atoms with E-state index >= 15 is 0 Å². The van der Waals surface area contributed by atoms with Crippen LogP contribution in [0.3, 0.4) is 0 Å². The number of thioether (sulfide) groups is 1. The molecule has 0 saturated heterocycles. The van der Waals surface area contributed by atoms with Crippen molar-refractivity contribution >= 4 is 40.2 Å². The van der Waals surface area contributed by atoms with E-state index in [1.54, 1.807) is 12.1 Å². The number of rotatable bonds is 5. The number of nitrogens with zero attached hydrogens (tertiary/aromatic N) is 2. The minimum atomic E-state index is -0.832. The lowest BCUT2D eigenvalue weighted by Gasteiger charge is -2.30. The maximum absolute atomic E-state index is 13.6. The van der Waals surface area contributed by atoms with Crippen molar-refractivity contribution in [3.05, 3.63) is 59.9 Å². The van der Waals surface area contributed by atoms with Crippen LogP contribution in [0.15, 0.2) is 53.6 Å². The fourth-order valence-corrected chi connectivity index (χ4v) is 5.10. The highest BCUT2D eigenvalue weighted by atomic mass is 32.2. The van der Waals surface area contributed by atoms with Crippen LogP contribution >= 0.6 is 11.8 Å². The van der Waals surface area contributed by atoms with Crippen LogP contribution in [0, 0.1) is 11.7 Å². The first kappa shape index (κ1) is 21.4. The van der Waals surface area contributed by atoms with Gasteiger partial charge in [-0.25, -0.2) is 4.39 Å². The molecule has 0 unspecified atom stereocenters. The van der Waals surface area contributed by atoms with Gasteiger partial charge in [-0.3, -0.25) is 14.5 Å². The molecule has 4 rings (SSSR count). The van der Waals surface area contributed by atoms with Gasteiger partial charge in [-0.2, -0.15) is 0 Å². The van der Waals surface area contributed by atoms with Crippen LogP contribution in [0.25, 0.3) is 10.9 Å². The van der Waals surface area contributed by atoms with Gasteiger partial charge in [0.05, 0.1) is 10.8 Å². The van der Waals surface area contributed by atoms with Crippen molar-refractivity contribution < 1.29 is 14.0 Å². The van der Waals surface area contributed by atoms with Crippen molar-refractivity contribution in [2.45, 2.75) is 31.3 Å². The number of amides is 2. The SMILES string of the molecule is CC(C)CCNC(=O)[C@@H]1c2c(n(C)c3ccccc23)SCC(=O)N1c1ccc(F)cc1. The van der Waals surface area contributed by atoms with Gasteiger partial charge in [0.2, 0.25) is 11.8 Å². The smallest absolute Gasteiger partial charge is 0.247 e. The standard InChI is InChI=1S/C24H26FN3O2S/c1-15(2)12-13-26-23(30)22-21-18-6-4-5-7-19(18)27(3)24(21)31-14-20(29)28(22)17-10-8-16(25)9-11-17/h4-11,15,22H,12-14H2,1-3H3,(H,26,30)/t22-/m0/s1. The molecule has 162 valence electrons. The molecule has 2 aromatic carbocycles. The quantitative estimate of drug-likeness (QED) is 0.629. The van der Waals surface area contributed by atoms with Gasteiger partial charge in [0.15, 0.2) is 0 Å². The zero-order valence-corrected chi connectivity index (χ0v) is 18.7. The molecule has 1 aliphatic rings. The van der Waals surface area contributed by atoms with Crippen LogP contribution in [-0.2, 0) is 16.6 Å². The number of para-hydroxylation sites is 1. The lowest BCUT2D eigenvalue weighted by Crippen LogP contribution is -2.44. The van der Waals surface area contributed by atoms with E-state index in [0.717, 1.165) is 27.9 Å². The molecule has 5 nitrogen and oxygen atoms in total. The van der Waals surface area contributed by atoms with Crippen molar-refractivity contribution in [1.82, 2.24) is 9.88 Å². The normalized spacial score (nSPS) is 16.5. The second-order valence-corrected chi connectivity index (χ2v) is 9.16. The number of aromatic nitrogens is 1. The third-order valence-electron chi connectivity index (χ3n) is 5.60. The molecule has 2 heterocycles. The van der Waals surface area contributed by atoms with E-state index in [2.05, 4.69) is 19.2 Å². The van der Waals surface area contributed by atoms with Gasteiger partial charge in [-0.05, 0) is 42.7 Å². The molecule has 1 atom stereocenters. The Bertz CT molecular complexity index is 1120. The van der Waals surface area contributed by atoms with Crippen LogP contribution in [0.4, 0.5) is 10.1 Å². The number of hydrogen-bond donors (Lipinski definition) is 1. The van der Waals surface area contributed by atoms with Crippen LogP contribution in [0.5, 0.6) is 0 Å². The van der Waals surface area contributed by atoms with Crippen molar-refractivity contribution in [3.8, 4) is 0 Å². The molecule has 0 fully saturated rings. The van der Waals surface area contributed by atoms with E-state index in [1.165, 1.54) is 28.8 Å². The summed E-state index contributed by atoms with van der Waals surface area (Å²) >= 11 is 1.44. The number of nitrogens with one attached hydrogen (secondary N) is 1. The van der Waals surface area contributed by atoms with Crippen LogP contribution in [-0.4, -0.2) is 28.7 Å². The maximum Gasteiger partial charge on any atom is 0.247 e. The highest BCUT2D eigenvalue weighted by molar-refractivity contribution is 8.00. The van der Waals surface area contributed by atoms with Gasteiger partial charge < -0.3 is 9.88 Å². The second-order valence-electron chi connectivity index (χ2n) is 8.20. The van der Waals surface area contributed by atoms with Crippen LogP contribution in [0.1, 0.15) is 31.9 Å². The molecule has 0 radical (unpaired) electrons. The first-order valence-corrected chi connectivity index (χ1v) is 11.4. The Labute approximate surface area is 185 Å². The van der Waals surface area contributed by atoms with Crippen molar-refractivity contribution in [1.29, 1.82) is 0 Å². The summed E-state index contributed by atoms with van der Waals surface area (Å²) in [6.45, 7) is 4.74. The number of fused-ring (bicyclic) bond motifs is 3. The van der Waals surface area contributed by atoms with E-state index in [-0.39, 0.29) is 23.4 Å². The Balaban J connectivity index is 1.87. The summed E-state index contributed by atoms with van der Waals surface area (Å²) in [7, 11) is 1.96. The number of aryl methyl sites for hydroxylation is 1. The number of benzene rings is 2. The number of hydrogen-bond acceptors (Lipinski definition) is 3. The summed E-state index contributed by atoms with van der Waals surface area (Å²) in [6.07, 6.45) is 0.847. The van der Waals surface area contributed by atoms with Crippen molar-refractivity contribution in [2.75, 3.05) is 17.2 Å². The van der Waals surface area contributed by atoms with Gasteiger partial charge >= 0.3 is 0 Å². The number of carbonyl (C=O) groups excluding carboxylic acids is 2. The average Bonchev–Trinajstić information content (AvgIpc) is 2.92. The van der Waals surface area contributed by atoms with Gasteiger partial charge in [-0.15, -0.1) is 0 Å². The van der Waals surface area contributed by atoms with Gasteiger partial charge in [0, 0.05) is 35.7 Å². The summed E-state index contributed by atoms with van der Waals surface area (Å²) in [5.74, 6) is -0.138. The monoisotopic (exact) mass is 439 g/mol. The molecular formula is C24H26FN3O2S. The number of halogens is 1. The van der Waals surface area contributed by atoms with E-state index in [0.29, 0.717) is 18.2 Å². The fourth-order valence-electron chi connectivity index (χ4n) is 4.03. The molecule has 3 aromatic rings. The molecule has 2 amide bonds. The summed E-state index contributed by atoms with van der Waals surface area (Å²) in [5.41, 5.74) is 2.34. The fraction of sp³-hybridized carbons (Fsp3) is 0.333. The van der Waals surface area contributed by atoms with Crippen molar-refractivity contribution in [2.24, 2.45) is 13.0 Å². The highest BCUT2D eigenvalue weighted by Gasteiger charge is 2.39. The molecular weight excluding hydrogens is 413 g/mol. The molecule has 1 aromatic heterocycles. The molecule has 1 N–H and O–H groups in total.